The van der Waals surface area contributed by atoms with Gasteiger partial charge in [0, 0.05) is 25.8 Å². The topological polar surface area (TPSA) is 84.5 Å². The minimum absolute atomic E-state index is 0.0260. The zero-order valence-electron chi connectivity index (χ0n) is 11.8. The maximum atomic E-state index is 12.0. The Bertz CT molecular complexity index is 485. The monoisotopic (exact) mass is 279 g/mol. The van der Waals surface area contributed by atoms with Crippen molar-refractivity contribution in [1.82, 2.24) is 19.6 Å². The number of nitrogens with zero attached hydrogens (tertiary/aromatic N) is 4. The molecule has 1 saturated heterocycles. The molecule has 1 aliphatic rings. The molecular weight excluding hydrogens is 258 g/mol. The fraction of sp³-hybridized carbons (Fsp3) is 0.615. The fourth-order valence-electron chi connectivity index (χ4n) is 2.31. The summed E-state index contributed by atoms with van der Waals surface area (Å²) in [4.78, 5) is 27.1. The quantitative estimate of drug-likeness (QED) is 0.790. The Morgan fingerprint density at radius 2 is 1.80 bits per heavy atom. The van der Waals surface area contributed by atoms with Crippen LogP contribution < -0.4 is 5.73 Å². The molecule has 2 N–H and O–H groups in total. The van der Waals surface area contributed by atoms with Crippen molar-refractivity contribution in [2.75, 3.05) is 31.9 Å². The molecule has 2 amide bonds. The van der Waals surface area contributed by atoms with E-state index in [1.165, 1.54) is 0 Å². The van der Waals surface area contributed by atoms with Crippen LogP contribution in [0.15, 0.2) is 12.3 Å². The lowest BCUT2D eigenvalue weighted by Gasteiger charge is -2.33. The van der Waals surface area contributed by atoms with Crippen LogP contribution in [0.25, 0.3) is 0 Å². The molecule has 1 aliphatic heterocycles. The van der Waals surface area contributed by atoms with E-state index in [9.17, 15) is 9.59 Å². The molecule has 0 spiro atoms. The van der Waals surface area contributed by atoms with Gasteiger partial charge in [-0.15, -0.1) is 0 Å². The Morgan fingerprint density at radius 3 is 2.35 bits per heavy atom. The average Bonchev–Trinajstić information content (AvgIpc) is 2.81. The van der Waals surface area contributed by atoms with E-state index >= 15 is 0 Å². The third kappa shape index (κ3) is 3.49. The van der Waals surface area contributed by atoms with Crippen LogP contribution in [0.3, 0.4) is 0 Å². The van der Waals surface area contributed by atoms with Gasteiger partial charge < -0.3 is 15.5 Å². The molecule has 0 aliphatic carbocycles. The third-order valence-electron chi connectivity index (χ3n) is 3.33. The predicted octanol–water partition coefficient (Wildman–Crippen LogP) is -0.0638. The Hall–Kier alpha value is -2.05. The Morgan fingerprint density at radius 1 is 1.15 bits per heavy atom. The summed E-state index contributed by atoms with van der Waals surface area (Å²) in [6, 6.07) is 1.73. The summed E-state index contributed by atoms with van der Waals surface area (Å²) in [6.07, 6.45) is 3.44. The van der Waals surface area contributed by atoms with Crippen LogP contribution in [-0.2, 0) is 16.1 Å². The summed E-state index contributed by atoms with van der Waals surface area (Å²) in [5, 5.41) is 4.08. The number of anilines is 1. The first kappa shape index (κ1) is 14.4. The summed E-state index contributed by atoms with van der Waals surface area (Å²) in [6.45, 7) is 4.32. The molecule has 1 aromatic heterocycles. The van der Waals surface area contributed by atoms with E-state index in [1.807, 2.05) is 13.1 Å². The molecule has 0 radical (unpaired) electrons. The first-order valence-electron chi connectivity index (χ1n) is 6.94. The summed E-state index contributed by atoms with van der Waals surface area (Å²) in [5.74, 6) is 0.553. The number of hydrogen-bond donors (Lipinski definition) is 1. The van der Waals surface area contributed by atoms with Gasteiger partial charge in [-0.25, -0.2) is 0 Å². The molecule has 2 rings (SSSR count). The zero-order valence-corrected chi connectivity index (χ0v) is 11.8. The van der Waals surface area contributed by atoms with Gasteiger partial charge in [-0.05, 0) is 18.9 Å². The van der Waals surface area contributed by atoms with Crippen molar-refractivity contribution in [3.8, 4) is 0 Å². The highest BCUT2D eigenvalue weighted by Crippen LogP contribution is 2.07. The van der Waals surface area contributed by atoms with Crippen molar-refractivity contribution in [3.63, 3.8) is 0 Å². The Balaban J connectivity index is 1.79. The van der Waals surface area contributed by atoms with Crippen LogP contribution in [0, 0.1) is 0 Å². The average molecular weight is 279 g/mol. The maximum absolute atomic E-state index is 12.0. The van der Waals surface area contributed by atoms with Crippen molar-refractivity contribution in [3.05, 3.63) is 12.3 Å². The van der Waals surface area contributed by atoms with E-state index in [2.05, 4.69) is 5.10 Å². The van der Waals surface area contributed by atoms with Crippen molar-refractivity contribution in [2.24, 2.45) is 0 Å². The molecule has 110 valence electrons. The first-order valence-corrected chi connectivity index (χ1v) is 6.94. The molecular formula is C13H21N5O2. The highest BCUT2D eigenvalue weighted by Gasteiger charge is 2.28. The van der Waals surface area contributed by atoms with E-state index in [0.29, 0.717) is 25.5 Å². The highest BCUT2D eigenvalue weighted by molar-refractivity contribution is 5.92. The van der Waals surface area contributed by atoms with Gasteiger partial charge in [0.05, 0.1) is 13.1 Å². The van der Waals surface area contributed by atoms with Crippen LogP contribution >= 0.6 is 0 Å². The van der Waals surface area contributed by atoms with E-state index in [4.69, 9.17) is 5.73 Å². The number of carbonyl (C=O) groups is 2. The Kier molecular flexibility index (Phi) is 4.60. The smallest absolute Gasteiger partial charge is 0.242 e. The third-order valence-corrected chi connectivity index (χ3v) is 3.33. The second-order valence-electron chi connectivity index (χ2n) is 4.99. The van der Waals surface area contributed by atoms with Crippen molar-refractivity contribution >= 4 is 17.6 Å². The van der Waals surface area contributed by atoms with Crippen molar-refractivity contribution in [1.29, 1.82) is 0 Å². The Labute approximate surface area is 118 Å². The van der Waals surface area contributed by atoms with E-state index in [-0.39, 0.29) is 24.9 Å². The maximum Gasteiger partial charge on any atom is 0.242 e. The molecule has 0 atom stereocenters. The van der Waals surface area contributed by atoms with Gasteiger partial charge in [0.1, 0.15) is 5.82 Å². The molecule has 7 nitrogen and oxygen atoms in total. The number of amides is 2. The summed E-state index contributed by atoms with van der Waals surface area (Å²) in [7, 11) is 0. The second kappa shape index (κ2) is 6.40. The zero-order chi connectivity index (χ0) is 14.5. The van der Waals surface area contributed by atoms with Gasteiger partial charge in [0.2, 0.25) is 11.8 Å². The molecule has 1 aromatic rings. The highest BCUT2D eigenvalue weighted by atomic mass is 16.2. The van der Waals surface area contributed by atoms with Gasteiger partial charge in [0.25, 0.3) is 0 Å². The molecule has 0 saturated carbocycles. The normalized spacial score (nSPS) is 16.1. The minimum Gasteiger partial charge on any atom is -0.382 e. The molecule has 0 bridgehead atoms. The molecule has 0 aromatic carbocycles. The lowest BCUT2D eigenvalue weighted by atomic mass is 10.2. The minimum atomic E-state index is 0.0260. The van der Waals surface area contributed by atoms with Gasteiger partial charge in [-0.3, -0.25) is 14.3 Å². The fourth-order valence-corrected chi connectivity index (χ4v) is 2.31. The summed E-state index contributed by atoms with van der Waals surface area (Å²) >= 11 is 0. The first-order chi connectivity index (χ1) is 9.60. The van der Waals surface area contributed by atoms with Gasteiger partial charge >= 0.3 is 0 Å². The molecule has 20 heavy (non-hydrogen) atoms. The lowest BCUT2D eigenvalue weighted by molar-refractivity contribution is -0.150. The number of nitrogen functional groups attached to an aromatic ring is 1. The number of aryl methyl sites for hydroxylation is 1. The second-order valence-corrected chi connectivity index (χ2v) is 4.99. The van der Waals surface area contributed by atoms with Crippen LogP contribution in [-0.4, -0.2) is 57.6 Å². The van der Waals surface area contributed by atoms with Crippen LogP contribution in [0.4, 0.5) is 5.82 Å². The number of rotatable bonds is 6. The van der Waals surface area contributed by atoms with Crippen molar-refractivity contribution < 1.29 is 9.59 Å². The SMILES string of the molecule is CCCN1CC(=O)N(CCCn2ccc(N)n2)CC1=O. The molecule has 1 fully saturated rings. The molecule has 2 heterocycles. The standard InChI is InChI=1S/C13H21N5O2/c1-2-5-16-9-13(20)17(10-12(16)19)6-3-7-18-8-4-11(14)15-18/h4,8H,2-3,5-7,9-10H2,1H3,(H2,14,15). The predicted molar refractivity (Wildman–Crippen MR) is 74.7 cm³/mol. The summed E-state index contributed by atoms with van der Waals surface area (Å²) < 4.78 is 1.75. The lowest BCUT2D eigenvalue weighted by Crippen LogP contribution is -2.54. The van der Waals surface area contributed by atoms with E-state index < -0.39 is 0 Å². The van der Waals surface area contributed by atoms with Gasteiger partial charge in [-0.2, -0.15) is 5.10 Å². The van der Waals surface area contributed by atoms with Gasteiger partial charge in [-0.1, -0.05) is 6.92 Å². The largest absolute Gasteiger partial charge is 0.382 e. The molecule has 7 heteroatoms. The van der Waals surface area contributed by atoms with E-state index in [1.54, 1.807) is 20.5 Å². The van der Waals surface area contributed by atoms with Crippen LogP contribution in [0.2, 0.25) is 0 Å². The van der Waals surface area contributed by atoms with Crippen LogP contribution in [0.1, 0.15) is 19.8 Å². The number of carbonyl (C=O) groups excluding carboxylic acids is 2. The van der Waals surface area contributed by atoms with Crippen LogP contribution in [0.5, 0.6) is 0 Å². The number of aromatic nitrogens is 2. The molecule has 0 unspecified atom stereocenters. The number of nitrogens with two attached hydrogens (primary N) is 1. The van der Waals surface area contributed by atoms with Gasteiger partial charge in [0.15, 0.2) is 0 Å². The number of hydrogen-bond acceptors (Lipinski definition) is 4. The summed E-state index contributed by atoms with van der Waals surface area (Å²) in [5.41, 5.74) is 5.53. The number of piperazine rings is 1. The van der Waals surface area contributed by atoms with E-state index in [0.717, 1.165) is 12.8 Å². The van der Waals surface area contributed by atoms with Crippen molar-refractivity contribution in [2.45, 2.75) is 26.3 Å².